The van der Waals surface area contributed by atoms with Crippen molar-refractivity contribution >= 4 is 5.97 Å². The van der Waals surface area contributed by atoms with Crippen molar-refractivity contribution in [2.75, 3.05) is 19.7 Å². The summed E-state index contributed by atoms with van der Waals surface area (Å²) in [6.45, 7) is 4.50. The lowest BCUT2D eigenvalue weighted by Gasteiger charge is -2.26. The van der Waals surface area contributed by atoms with Gasteiger partial charge in [0.25, 0.3) is 0 Å². The highest BCUT2D eigenvalue weighted by Gasteiger charge is 2.23. The molecule has 0 bridgehead atoms. The molecule has 1 unspecified atom stereocenters. The standard InChI is InChI=1S/C13H17NO3/c1-2-14-7-9-6-11-10(13(15)16)4-3-5-12(11)17-8-9/h3-5,9,14H,2,6-8H2,1H3,(H,15,16). The van der Waals surface area contributed by atoms with Gasteiger partial charge in [0.15, 0.2) is 0 Å². The Balaban J connectivity index is 2.20. The van der Waals surface area contributed by atoms with Gasteiger partial charge in [-0.25, -0.2) is 4.79 Å². The van der Waals surface area contributed by atoms with Gasteiger partial charge in [-0.1, -0.05) is 13.0 Å². The van der Waals surface area contributed by atoms with Crippen LogP contribution in [0.1, 0.15) is 22.8 Å². The van der Waals surface area contributed by atoms with Crippen LogP contribution in [0.5, 0.6) is 5.75 Å². The lowest BCUT2D eigenvalue weighted by atomic mass is 9.93. The summed E-state index contributed by atoms with van der Waals surface area (Å²) >= 11 is 0. The van der Waals surface area contributed by atoms with Gasteiger partial charge in [0.1, 0.15) is 5.75 Å². The second-order valence-electron chi connectivity index (χ2n) is 4.28. The fourth-order valence-electron chi connectivity index (χ4n) is 2.15. The molecule has 92 valence electrons. The molecule has 1 heterocycles. The number of hydrogen-bond acceptors (Lipinski definition) is 3. The number of carbonyl (C=O) groups is 1. The number of fused-ring (bicyclic) bond motifs is 1. The first-order valence-corrected chi connectivity index (χ1v) is 5.91. The van der Waals surface area contributed by atoms with Crippen molar-refractivity contribution in [3.8, 4) is 5.75 Å². The zero-order chi connectivity index (χ0) is 12.3. The zero-order valence-electron chi connectivity index (χ0n) is 9.90. The van der Waals surface area contributed by atoms with E-state index in [0.717, 1.165) is 30.8 Å². The lowest BCUT2D eigenvalue weighted by molar-refractivity contribution is 0.0693. The van der Waals surface area contributed by atoms with E-state index in [9.17, 15) is 4.79 Å². The summed E-state index contributed by atoms with van der Waals surface area (Å²) in [6, 6.07) is 5.21. The maximum atomic E-state index is 11.1. The van der Waals surface area contributed by atoms with Crippen LogP contribution in [0.25, 0.3) is 0 Å². The van der Waals surface area contributed by atoms with Crippen LogP contribution in [0.15, 0.2) is 18.2 Å². The van der Waals surface area contributed by atoms with E-state index in [4.69, 9.17) is 9.84 Å². The monoisotopic (exact) mass is 235 g/mol. The van der Waals surface area contributed by atoms with Crippen LogP contribution >= 0.6 is 0 Å². The van der Waals surface area contributed by atoms with E-state index < -0.39 is 5.97 Å². The van der Waals surface area contributed by atoms with Crippen molar-refractivity contribution in [2.45, 2.75) is 13.3 Å². The Bertz CT molecular complexity index is 417. The molecule has 2 N–H and O–H groups in total. The summed E-state index contributed by atoms with van der Waals surface area (Å²) in [5.41, 5.74) is 1.19. The Labute approximate surface area is 101 Å². The third-order valence-electron chi connectivity index (χ3n) is 3.01. The minimum absolute atomic E-state index is 0.350. The molecule has 0 radical (unpaired) electrons. The Morgan fingerprint density at radius 2 is 2.41 bits per heavy atom. The fraction of sp³-hybridized carbons (Fsp3) is 0.462. The molecule has 0 amide bonds. The fourth-order valence-corrected chi connectivity index (χ4v) is 2.15. The molecule has 4 nitrogen and oxygen atoms in total. The number of carboxylic acid groups (broad SMARTS) is 1. The summed E-state index contributed by atoms with van der Waals surface area (Å²) in [5.74, 6) is 0.190. The molecular weight excluding hydrogens is 218 g/mol. The van der Waals surface area contributed by atoms with E-state index in [1.165, 1.54) is 0 Å². The van der Waals surface area contributed by atoms with E-state index in [0.29, 0.717) is 18.1 Å². The van der Waals surface area contributed by atoms with Crippen LogP contribution in [0.4, 0.5) is 0 Å². The predicted molar refractivity (Wildman–Crippen MR) is 64.6 cm³/mol. The molecule has 0 saturated heterocycles. The molecule has 0 aliphatic carbocycles. The smallest absolute Gasteiger partial charge is 0.336 e. The van der Waals surface area contributed by atoms with Gasteiger partial charge in [-0.05, 0) is 25.1 Å². The molecule has 0 fully saturated rings. The van der Waals surface area contributed by atoms with Gasteiger partial charge in [-0.3, -0.25) is 0 Å². The molecule has 1 aromatic rings. The summed E-state index contributed by atoms with van der Waals surface area (Å²) in [6.07, 6.45) is 0.769. The van der Waals surface area contributed by atoms with Gasteiger partial charge >= 0.3 is 5.97 Å². The van der Waals surface area contributed by atoms with Crippen molar-refractivity contribution in [1.82, 2.24) is 5.32 Å². The average molecular weight is 235 g/mol. The first-order chi connectivity index (χ1) is 8.22. The molecule has 1 aliphatic rings. The largest absolute Gasteiger partial charge is 0.493 e. The van der Waals surface area contributed by atoms with Crippen LogP contribution in [-0.2, 0) is 6.42 Å². The third kappa shape index (κ3) is 2.58. The van der Waals surface area contributed by atoms with Gasteiger partial charge in [0, 0.05) is 18.0 Å². The van der Waals surface area contributed by atoms with Crippen molar-refractivity contribution in [2.24, 2.45) is 5.92 Å². The lowest BCUT2D eigenvalue weighted by Crippen LogP contribution is -2.32. The number of nitrogens with one attached hydrogen (secondary N) is 1. The number of rotatable bonds is 4. The van der Waals surface area contributed by atoms with Crippen LogP contribution in [0.3, 0.4) is 0 Å². The second-order valence-corrected chi connectivity index (χ2v) is 4.28. The Morgan fingerprint density at radius 3 is 3.12 bits per heavy atom. The number of carboxylic acids is 1. The zero-order valence-corrected chi connectivity index (χ0v) is 9.90. The first kappa shape index (κ1) is 11.9. The van der Waals surface area contributed by atoms with Gasteiger partial charge in [-0.15, -0.1) is 0 Å². The van der Waals surface area contributed by atoms with E-state index in [2.05, 4.69) is 12.2 Å². The number of hydrogen-bond donors (Lipinski definition) is 2. The average Bonchev–Trinajstić information content (AvgIpc) is 2.35. The van der Waals surface area contributed by atoms with Crippen LogP contribution < -0.4 is 10.1 Å². The molecule has 2 rings (SSSR count). The quantitative estimate of drug-likeness (QED) is 0.831. The third-order valence-corrected chi connectivity index (χ3v) is 3.01. The predicted octanol–water partition coefficient (Wildman–Crippen LogP) is 1.55. The number of ether oxygens (including phenoxy) is 1. The van der Waals surface area contributed by atoms with Crippen molar-refractivity contribution in [3.63, 3.8) is 0 Å². The normalized spacial score (nSPS) is 18.3. The molecule has 4 heteroatoms. The molecule has 0 aromatic heterocycles. The summed E-state index contributed by atoms with van der Waals surface area (Å²) in [4.78, 5) is 11.1. The van der Waals surface area contributed by atoms with Gasteiger partial charge in [0.05, 0.1) is 12.2 Å². The molecule has 17 heavy (non-hydrogen) atoms. The highest BCUT2D eigenvalue weighted by molar-refractivity contribution is 5.90. The van der Waals surface area contributed by atoms with Crippen LogP contribution in [0.2, 0.25) is 0 Å². The Kier molecular flexibility index (Phi) is 3.64. The minimum atomic E-state index is -0.880. The SMILES string of the molecule is CCNCC1COc2cccc(C(=O)O)c2C1. The van der Waals surface area contributed by atoms with E-state index in [1.807, 2.05) is 6.07 Å². The highest BCUT2D eigenvalue weighted by Crippen LogP contribution is 2.29. The maximum absolute atomic E-state index is 11.1. The first-order valence-electron chi connectivity index (χ1n) is 5.91. The highest BCUT2D eigenvalue weighted by atomic mass is 16.5. The van der Waals surface area contributed by atoms with E-state index in [1.54, 1.807) is 12.1 Å². The molecule has 0 saturated carbocycles. The summed E-state index contributed by atoms with van der Waals surface area (Å²) in [5, 5.41) is 12.4. The maximum Gasteiger partial charge on any atom is 0.336 e. The summed E-state index contributed by atoms with van der Waals surface area (Å²) < 4.78 is 5.62. The van der Waals surface area contributed by atoms with Crippen molar-refractivity contribution in [1.29, 1.82) is 0 Å². The number of aromatic carboxylic acids is 1. The molecule has 0 spiro atoms. The molecule has 1 atom stereocenters. The van der Waals surface area contributed by atoms with Crippen molar-refractivity contribution in [3.05, 3.63) is 29.3 Å². The van der Waals surface area contributed by atoms with Crippen LogP contribution in [-0.4, -0.2) is 30.8 Å². The molecule has 1 aromatic carbocycles. The topological polar surface area (TPSA) is 58.6 Å². The van der Waals surface area contributed by atoms with Gasteiger partial charge < -0.3 is 15.2 Å². The molecular formula is C13H17NO3. The Hall–Kier alpha value is -1.55. The van der Waals surface area contributed by atoms with Gasteiger partial charge in [-0.2, -0.15) is 0 Å². The summed E-state index contributed by atoms with van der Waals surface area (Å²) in [7, 11) is 0. The number of benzene rings is 1. The molecule has 1 aliphatic heterocycles. The van der Waals surface area contributed by atoms with Gasteiger partial charge in [0.2, 0.25) is 0 Å². The van der Waals surface area contributed by atoms with E-state index >= 15 is 0 Å². The minimum Gasteiger partial charge on any atom is -0.493 e. The van der Waals surface area contributed by atoms with Crippen LogP contribution in [0, 0.1) is 5.92 Å². The second kappa shape index (κ2) is 5.19. The Morgan fingerprint density at radius 1 is 1.59 bits per heavy atom. The van der Waals surface area contributed by atoms with E-state index in [-0.39, 0.29) is 0 Å². The van der Waals surface area contributed by atoms with Crippen molar-refractivity contribution < 1.29 is 14.6 Å².